The number of anilines is 1. The Labute approximate surface area is 137 Å². The van der Waals surface area contributed by atoms with E-state index in [0.29, 0.717) is 11.3 Å². The molecule has 124 valence electrons. The molecule has 1 aromatic heterocycles. The lowest BCUT2D eigenvalue weighted by Crippen LogP contribution is -2.08. The van der Waals surface area contributed by atoms with Crippen molar-refractivity contribution in [1.29, 1.82) is 0 Å². The molecule has 6 heteroatoms. The second-order valence-electron chi connectivity index (χ2n) is 5.72. The van der Waals surface area contributed by atoms with Gasteiger partial charge < -0.3 is 5.73 Å². The van der Waals surface area contributed by atoms with Gasteiger partial charge in [-0.05, 0) is 37.1 Å². The van der Waals surface area contributed by atoms with Gasteiger partial charge in [0.25, 0.3) is 0 Å². The molecule has 0 bridgehead atoms. The van der Waals surface area contributed by atoms with E-state index in [1.807, 2.05) is 19.9 Å². The van der Waals surface area contributed by atoms with E-state index < -0.39 is 11.9 Å². The van der Waals surface area contributed by atoms with Crippen molar-refractivity contribution in [1.82, 2.24) is 9.78 Å². The second-order valence-corrected chi connectivity index (χ2v) is 5.72. The number of aromatic nitrogens is 2. The van der Waals surface area contributed by atoms with Gasteiger partial charge >= 0.3 is 6.18 Å². The average molecular weight is 331 g/mol. The molecule has 0 aliphatic heterocycles. The molecule has 0 saturated carbocycles. The van der Waals surface area contributed by atoms with Gasteiger partial charge in [0.1, 0.15) is 5.82 Å². The predicted octanol–water partition coefficient (Wildman–Crippen LogP) is 4.76. The van der Waals surface area contributed by atoms with Crippen LogP contribution in [-0.4, -0.2) is 9.78 Å². The van der Waals surface area contributed by atoms with Crippen molar-refractivity contribution in [2.24, 2.45) is 0 Å². The quantitative estimate of drug-likeness (QED) is 0.736. The van der Waals surface area contributed by atoms with E-state index in [1.54, 1.807) is 42.5 Å². The standard InChI is InChI=1S/C18H16F3N3/c1-11-6-8-13(9-7-11)15-16(18(19,20)21)23-24(17(15)22)14-5-3-4-12(2)10-14/h3-10H,22H2,1-2H3. The van der Waals surface area contributed by atoms with Gasteiger partial charge in [0.15, 0.2) is 5.69 Å². The Bertz CT molecular complexity index is 878. The van der Waals surface area contributed by atoms with E-state index in [0.717, 1.165) is 15.8 Å². The fourth-order valence-electron chi connectivity index (χ4n) is 2.59. The third-order valence-corrected chi connectivity index (χ3v) is 3.78. The van der Waals surface area contributed by atoms with Crippen LogP contribution in [0.3, 0.4) is 0 Å². The molecule has 24 heavy (non-hydrogen) atoms. The first-order valence-corrected chi connectivity index (χ1v) is 7.37. The van der Waals surface area contributed by atoms with Crippen molar-refractivity contribution in [3.8, 4) is 16.8 Å². The lowest BCUT2D eigenvalue weighted by Gasteiger charge is -2.07. The molecule has 3 rings (SSSR count). The third kappa shape index (κ3) is 2.87. The SMILES string of the molecule is Cc1ccc(-c2c(C(F)(F)F)nn(-c3cccc(C)c3)c2N)cc1. The van der Waals surface area contributed by atoms with Gasteiger partial charge in [0.2, 0.25) is 0 Å². The first-order chi connectivity index (χ1) is 11.3. The van der Waals surface area contributed by atoms with Crippen molar-refractivity contribution >= 4 is 5.82 Å². The number of nitrogens with zero attached hydrogens (tertiary/aromatic N) is 2. The summed E-state index contributed by atoms with van der Waals surface area (Å²) >= 11 is 0. The summed E-state index contributed by atoms with van der Waals surface area (Å²) in [5.41, 5.74) is 7.73. The number of nitrogen functional groups attached to an aromatic ring is 1. The smallest absolute Gasteiger partial charge is 0.383 e. The van der Waals surface area contributed by atoms with Crippen molar-refractivity contribution in [3.05, 3.63) is 65.4 Å². The minimum Gasteiger partial charge on any atom is -0.383 e. The van der Waals surface area contributed by atoms with Crippen LogP contribution in [0.2, 0.25) is 0 Å². The fourth-order valence-corrected chi connectivity index (χ4v) is 2.59. The zero-order valence-corrected chi connectivity index (χ0v) is 13.2. The highest BCUT2D eigenvalue weighted by atomic mass is 19.4. The molecule has 1 heterocycles. The van der Waals surface area contributed by atoms with Crippen LogP contribution in [-0.2, 0) is 6.18 Å². The van der Waals surface area contributed by atoms with Crippen LogP contribution >= 0.6 is 0 Å². The average Bonchev–Trinajstić information content (AvgIpc) is 2.86. The largest absolute Gasteiger partial charge is 0.435 e. The number of alkyl halides is 3. The fraction of sp³-hybridized carbons (Fsp3) is 0.167. The first kappa shape index (κ1) is 16.1. The summed E-state index contributed by atoms with van der Waals surface area (Å²) in [4.78, 5) is 0. The molecular formula is C18H16F3N3. The molecule has 0 saturated heterocycles. The number of rotatable bonds is 2. The number of hydrogen-bond acceptors (Lipinski definition) is 2. The van der Waals surface area contributed by atoms with Crippen LogP contribution in [0.15, 0.2) is 48.5 Å². The summed E-state index contributed by atoms with van der Waals surface area (Å²) in [6.07, 6.45) is -4.59. The molecule has 3 nitrogen and oxygen atoms in total. The zero-order valence-electron chi connectivity index (χ0n) is 13.2. The summed E-state index contributed by atoms with van der Waals surface area (Å²) in [5.74, 6) is -0.0308. The van der Waals surface area contributed by atoms with Crippen LogP contribution in [0.1, 0.15) is 16.8 Å². The topological polar surface area (TPSA) is 43.8 Å². The van der Waals surface area contributed by atoms with Crippen molar-refractivity contribution < 1.29 is 13.2 Å². The van der Waals surface area contributed by atoms with Gasteiger partial charge in [0, 0.05) is 0 Å². The van der Waals surface area contributed by atoms with Crippen LogP contribution in [0.5, 0.6) is 0 Å². The molecule has 2 N–H and O–H groups in total. The number of hydrogen-bond donors (Lipinski definition) is 1. The Balaban J connectivity index is 2.26. The van der Waals surface area contributed by atoms with Crippen molar-refractivity contribution in [2.45, 2.75) is 20.0 Å². The Morgan fingerprint density at radius 2 is 1.62 bits per heavy atom. The summed E-state index contributed by atoms with van der Waals surface area (Å²) in [6.45, 7) is 3.72. The van der Waals surface area contributed by atoms with E-state index in [4.69, 9.17) is 5.73 Å². The lowest BCUT2D eigenvalue weighted by molar-refractivity contribution is -0.140. The minimum absolute atomic E-state index is 0.0308. The molecule has 0 unspecified atom stereocenters. The maximum Gasteiger partial charge on any atom is 0.435 e. The lowest BCUT2D eigenvalue weighted by atomic mass is 10.0. The summed E-state index contributed by atoms with van der Waals surface area (Å²) in [5, 5.41) is 3.76. The molecule has 0 radical (unpaired) electrons. The summed E-state index contributed by atoms with van der Waals surface area (Å²) in [6, 6.07) is 13.8. The van der Waals surface area contributed by atoms with Gasteiger partial charge in [-0.2, -0.15) is 18.3 Å². The molecule has 0 aliphatic rings. The molecule has 2 aromatic carbocycles. The number of nitrogens with two attached hydrogens (primary N) is 1. The highest BCUT2D eigenvalue weighted by molar-refractivity contribution is 5.78. The number of benzene rings is 2. The Hall–Kier alpha value is -2.76. The highest BCUT2D eigenvalue weighted by Crippen LogP contribution is 2.40. The Kier molecular flexibility index (Phi) is 3.83. The van der Waals surface area contributed by atoms with Gasteiger partial charge in [0.05, 0.1) is 11.3 Å². The number of aryl methyl sites for hydroxylation is 2. The van der Waals surface area contributed by atoms with Gasteiger partial charge in [-0.1, -0.05) is 42.0 Å². The molecular weight excluding hydrogens is 315 g/mol. The van der Waals surface area contributed by atoms with E-state index in [-0.39, 0.29) is 11.4 Å². The second kappa shape index (κ2) is 5.70. The molecule has 0 amide bonds. The zero-order chi connectivity index (χ0) is 17.5. The summed E-state index contributed by atoms with van der Waals surface area (Å²) in [7, 11) is 0. The Morgan fingerprint density at radius 1 is 0.958 bits per heavy atom. The number of halogens is 3. The van der Waals surface area contributed by atoms with Crippen LogP contribution in [0, 0.1) is 13.8 Å². The van der Waals surface area contributed by atoms with E-state index in [9.17, 15) is 13.2 Å². The normalized spacial score (nSPS) is 11.7. The van der Waals surface area contributed by atoms with Crippen LogP contribution < -0.4 is 5.73 Å². The van der Waals surface area contributed by atoms with Crippen LogP contribution in [0.4, 0.5) is 19.0 Å². The van der Waals surface area contributed by atoms with E-state index in [1.165, 1.54) is 0 Å². The van der Waals surface area contributed by atoms with Gasteiger partial charge in [-0.15, -0.1) is 0 Å². The predicted molar refractivity (Wildman–Crippen MR) is 87.9 cm³/mol. The molecule has 0 aliphatic carbocycles. The van der Waals surface area contributed by atoms with Gasteiger partial charge in [-0.25, -0.2) is 4.68 Å². The maximum atomic E-state index is 13.5. The Morgan fingerprint density at radius 3 is 2.21 bits per heavy atom. The monoisotopic (exact) mass is 331 g/mol. The first-order valence-electron chi connectivity index (χ1n) is 7.37. The highest BCUT2D eigenvalue weighted by Gasteiger charge is 2.39. The molecule has 0 spiro atoms. The van der Waals surface area contributed by atoms with E-state index >= 15 is 0 Å². The van der Waals surface area contributed by atoms with Crippen molar-refractivity contribution in [3.63, 3.8) is 0 Å². The van der Waals surface area contributed by atoms with E-state index in [2.05, 4.69) is 5.10 Å². The third-order valence-electron chi connectivity index (χ3n) is 3.78. The molecule has 0 fully saturated rings. The summed E-state index contributed by atoms with van der Waals surface area (Å²) < 4.78 is 41.6. The molecule has 0 atom stereocenters. The minimum atomic E-state index is -4.59. The van der Waals surface area contributed by atoms with Crippen LogP contribution in [0.25, 0.3) is 16.8 Å². The maximum absolute atomic E-state index is 13.5. The van der Waals surface area contributed by atoms with Crippen molar-refractivity contribution in [2.75, 3.05) is 5.73 Å². The van der Waals surface area contributed by atoms with Gasteiger partial charge in [-0.3, -0.25) is 0 Å². The molecule has 3 aromatic rings.